The van der Waals surface area contributed by atoms with Crippen molar-refractivity contribution in [1.29, 1.82) is 0 Å². The zero-order valence-electron chi connectivity index (χ0n) is 16.6. The molecule has 0 radical (unpaired) electrons. The average Bonchev–Trinajstić information content (AvgIpc) is 3.31. The van der Waals surface area contributed by atoms with Crippen molar-refractivity contribution in [3.8, 4) is 0 Å². The fourth-order valence-electron chi connectivity index (χ4n) is 3.27. The SMILES string of the molecule is Cc1ccc(C(=O)Nc2ccccc2N2CCOCC2)cc1NC(=O)c1ccon1. The third-order valence-electron chi connectivity index (χ3n) is 4.92. The lowest BCUT2D eigenvalue weighted by atomic mass is 10.1. The van der Waals surface area contributed by atoms with Gasteiger partial charge >= 0.3 is 0 Å². The number of nitrogens with zero attached hydrogens (tertiary/aromatic N) is 2. The standard InChI is InChI=1S/C22H22N4O4/c1-15-6-7-16(14-19(15)24-22(28)18-8-11-30-25-18)21(27)23-17-4-2-3-5-20(17)26-9-12-29-13-10-26/h2-8,11,14H,9-10,12-13H2,1H3,(H,23,27)(H,24,28). The summed E-state index contributed by atoms with van der Waals surface area (Å²) in [6.45, 7) is 4.72. The zero-order valence-corrected chi connectivity index (χ0v) is 16.6. The summed E-state index contributed by atoms with van der Waals surface area (Å²) in [5.41, 5.74) is 3.67. The lowest BCUT2D eigenvalue weighted by Gasteiger charge is -2.30. The van der Waals surface area contributed by atoms with Gasteiger partial charge in [0, 0.05) is 30.4 Å². The lowest BCUT2D eigenvalue weighted by molar-refractivity contribution is 0.101. The van der Waals surface area contributed by atoms with Crippen LogP contribution in [-0.4, -0.2) is 43.3 Å². The maximum absolute atomic E-state index is 12.9. The number of ether oxygens (including phenoxy) is 1. The first kappa shape index (κ1) is 19.7. The normalized spacial score (nSPS) is 13.7. The van der Waals surface area contributed by atoms with Crippen molar-refractivity contribution in [3.63, 3.8) is 0 Å². The van der Waals surface area contributed by atoms with Gasteiger partial charge in [0.25, 0.3) is 11.8 Å². The van der Waals surface area contributed by atoms with Gasteiger partial charge in [0.2, 0.25) is 0 Å². The molecule has 1 aliphatic rings. The van der Waals surface area contributed by atoms with Crippen LogP contribution < -0.4 is 15.5 Å². The van der Waals surface area contributed by atoms with Crippen LogP contribution >= 0.6 is 0 Å². The molecule has 8 heteroatoms. The third kappa shape index (κ3) is 4.33. The minimum atomic E-state index is -0.401. The van der Waals surface area contributed by atoms with E-state index in [4.69, 9.17) is 9.26 Å². The summed E-state index contributed by atoms with van der Waals surface area (Å²) in [6.07, 6.45) is 1.33. The number of aryl methyl sites for hydroxylation is 1. The van der Waals surface area contributed by atoms with Crippen LogP contribution in [0, 0.1) is 6.92 Å². The van der Waals surface area contributed by atoms with Gasteiger partial charge in [0.1, 0.15) is 6.26 Å². The number of morpholine rings is 1. The predicted molar refractivity (Wildman–Crippen MR) is 113 cm³/mol. The molecule has 3 aromatic rings. The number of rotatable bonds is 5. The van der Waals surface area contributed by atoms with Gasteiger partial charge in [0.05, 0.1) is 24.6 Å². The molecule has 0 unspecified atom stereocenters. The molecule has 0 bridgehead atoms. The van der Waals surface area contributed by atoms with Crippen molar-refractivity contribution in [2.45, 2.75) is 6.92 Å². The van der Waals surface area contributed by atoms with E-state index in [1.807, 2.05) is 31.2 Å². The maximum Gasteiger partial charge on any atom is 0.277 e. The number of benzene rings is 2. The quantitative estimate of drug-likeness (QED) is 0.675. The van der Waals surface area contributed by atoms with E-state index in [0.29, 0.717) is 24.5 Å². The minimum absolute atomic E-state index is 0.170. The first-order valence-corrected chi connectivity index (χ1v) is 9.67. The Kier molecular flexibility index (Phi) is 5.76. The first-order chi connectivity index (χ1) is 14.6. The van der Waals surface area contributed by atoms with E-state index in [0.717, 1.165) is 30.0 Å². The van der Waals surface area contributed by atoms with Crippen molar-refractivity contribution >= 4 is 28.9 Å². The number of amides is 2. The number of carbonyl (C=O) groups excluding carboxylic acids is 2. The molecule has 0 spiro atoms. The molecule has 1 saturated heterocycles. The van der Waals surface area contributed by atoms with E-state index in [-0.39, 0.29) is 11.6 Å². The van der Waals surface area contributed by atoms with Gasteiger partial charge in [-0.25, -0.2) is 0 Å². The van der Waals surface area contributed by atoms with Gasteiger partial charge in [-0.15, -0.1) is 0 Å². The number of hydrogen-bond donors (Lipinski definition) is 2. The van der Waals surface area contributed by atoms with Gasteiger partial charge in [-0.05, 0) is 36.8 Å². The van der Waals surface area contributed by atoms with Crippen LogP contribution in [-0.2, 0) is 4.74 Å². The number of hydrogen-bond acceptors (Lipinski definition) is 6. The van der Waals surface area contributed by atoms with E-state index < -0.39 is 5.91 Å². The van der Waals surface area contributed by atoms with Crippen LogP contribution in [0.5, 0.6) is 0 Å². The molecule has 0 aliphatic carbocycles. The highest BCUT2D eigenvalue weighted by Gasteiger charge is 2.17. The second kappa shape index (κ2) is 8.79. The van der Waals surface area contributed by atoms with Crippen LogP contribution in [0.15, 0.2) is 59.3 Å². The molecule has 2 heterocycles. The molecule has 2 aromatic carbocycles. The fourth-order valence-corrected chi connectivity index (χ4v) is 3.27. The van der Waals surface area contributed by atoms with Gasteiger partial charge in [0.15, 0.2) is 5.69 Å². The maximum atomic E-state index is 12.9. The summed E-state index contributed by atoms with van der Waals surface area (Å²) in [6, 6.07) is 14.4. The van der Waals surface area contributed by atoms with E-state index in [1.165, 1.54) is 12.3 Å². The van der Waals surface area contributed by atoms with E-state index in [1.54, 1.807) is 18.2 Å². The molecule has 1 fully saturated rings. The Balaban J connectivity index is 1.52. The summed E-state index contributed by atoms with van der Waals surface area (Å²) >= 11 is 0. The largest absolute Gasteiger partial charge is 0.378 e. The second-order valence-electron chi connectivity index (χ2n) is 6.94. The van der Waals surface area contributed by atoms with Crippen molar-refractivity contribution < 1.29 is 18.8 Å². The van der Waals surface area contributed by atoms with E-state index in [2.05, 4.69) is 20.7 Å². The third-order valence-corrected chi connectivity index (χ3v) is 4.92. The van der Waals surface area contributed by atoms with Crippen LogP contribution in [0.1, 0.15) is 26.4 Å². The van der Waals surface area contributed by atoms with Gasteiger partial charge in [-0.3, -0.25) is 9.59 Å². The van der Waals surface area contributed by atoms with Crippen molar-refractivity contribution in [2.75, 3.05) is 41.8 Å². The average molecular weight is 406 g/mol. The Morgan fingerprint density at radius 1 is 0.967 bits per heavy atom. The highest BCUT2D eigenvalue weighted by atomic mass is 16.5. The summed E-state index contributed by atoms with van der Waals surface area (Å²) in [5.74, 6) is -0.658. The van der Waals surface area contributed by atoms with Crippen LogP contribution in [0.4, 0.5) is 17.1 Å². The zero-order chi connectivity index (χ0) is 20.9. The molecule has 30 heavy (non-hydrogen) atoms. The molecular formula is C22H22N4O4. The molecule has 4 rings (SSSR count). The number of para-hydroxylation sites is 2. The lowest BCUT2D eigenvalue weighted by Crippen LogP contribution is -2.36. The Hall–Kier alpha value is -3.65. The summed E-state index contributed by atoms with van der Waals surface area (Å²) in [4.78, 5) is 27.4. The number of nitrogens with one attached hydrogen (secondary N) is 2. The van der Waals surface area contributed by atoms with Gasteiger partial charge < -0.3 is 24.8 Å². The number of anilines is 3. The fraction of sp³-hybridized carbons (Fsp3) is 0.227. The summed E-state index contributed by atoms with van der Waals surface area (Å²) < 4.78 is 10.1. The Morgan fingerprint density at radius 2 is 1.73 bits per heavy atom. The summed E-state index contributed by atoms with van der Waals surface area (Å²) in [7, 11) is 0. The Morgan fingerprint density at radius 3 is 2.50 bits per heavy atom. The van der Waals surface area contributed by atoms with Crippen molar-refractivity contribution in [2.24, 2.45) is 0 Å². The van der Waals surface area contributed by atoms with E-state index >= 15 is 0 Å². The summed E-state index contributed by atoms with van der Waals surface area (Å²) in [5, 5.41) is 9.39. The molecule has 0 atom stereocenters. The monoisotopic (exact) mass is 406 g/mol. The molecular weight excluding hydrogens is 384 g/mol. The van der Waals surface area contributed by atoms with Crippen LogP contribution in [0.3, 0.4) is 0 Å². The van der Waals surface area contributed by atoms with Gasteiger partial charge in [-0.1, -0.05) is 23.4 Å². The molecule has 154 valence electrons. The molecule has 2 amide bonds. The number of aromatic nitrogens is 1. The molecule has 1 aliphatic heterocycles. The van der Waals surface area contributed by atoms with Gasteiger partial charge in [-0.2, -0.15) is 0 Å². The Labute approximate surface area is 173 Å². The van der Waals surface area contributed by atoms with Crippen LogP contribution in [0.2, 0.25) is 0 Å². The predicted octanol–water partition coefficient (Wildman–Crippen LogP) is 3.32. The second-order valence-corrected chi connectivity index (χ2v) is 6.94. The minimum Gasteiger partial charge on any atom is -0.378 e. The molecule has 2 N–H and O–H groups in total. The van der Waals surface area contributed by atoms with E-state index in [9.17, 15) is 9.59 Å². The topological polar surface area (TPSA) is 96.7 Å². The highest BCUT2D eigenvalue weighted by molar-refractivity contribution is 6.08. The number of carbonyl (C=O) groups is 2. The van der Waals surface area contributed by atoms with Crippen molar-refractivity contribution in [1.82, 2.24) is 5.16 Å². The first-order valence-electron chi connectivity index (χ1n) is 9.67. The smallest absolute Gasteiger partial charge is 0.277 e. The highest BCUT2D eigenvalue weighted by Crippen LogP contribution is 2.27. The van der Waals surface area contributed by atoms with Crippen molar-refractivity contribution in [3.05, 3.63) is 71.6 Å². The molecule has 1 aromatic heterocycles. The molecule has 8 nitrogen and oxygen atoms in total. The van der Waals surface area contributed by atoms with Crippen LogP contribution in [0.25, 0.3) is 0 Å². The molecule has 0 saturated carbocycles. The Bertz CT molecular complexity index is 1040.